The largest absolute Gasteiger partial charge is 0.536 e. The highest BCUT2D eigenvalue weighted by Crippen LogP contribution is 2.36. The molecule has 3 heterocycles. The van der Waals surface area contributed by atoms with Gasteiger partial charge in [0, 0.05) is 44.5 Å². The quantitative estimate of drug-likeness (QED) is 0.128. The predicted octanol–water partition coefficient (Wildman–Crippen LogP) is 1.58. The molecular formula is C27H31BFN5O7. The first kappa shape index (κ1) is 29.7. The second-order valence-corrected chi connectivity index (χ2v) is 9.88. The molecule has 0 radical (unpaired) electrons. The van der Waals surface area contributed by atoms with Gasteiger partial charge in [0.15, 0.2) is 12.2 Å². The van der Waals surface area contributed by atoms with Crippen molar-refractivity contribution in [1.82, 2.24) is 20.1 Å². The Balaban J connectivity index is 1.58. The monoisotopic (exact) mass is 567 g/mol. The number of para-hydroxylation sites is 1. The van der Waals surface area contributed by atoms with Gasteiger partial charge in [-0.1, -0.05) is 18.2 Å². The number of likely N-dealkylation sites (N-methyl/N-ethyl adjacent to an activating group) is 1. The summed E-state index contributed by atoms with van der Waals surface area (Å²) in [6.07, 6.45) is 2.33. The highest BCUT2D eigenvalue weighted by atomic mass is 19.1. The number of carbonyl (C=O) groups is 4. The Kier molecular flexibility index (Phi) is 9.33. The van der Waals surface area contributed by atoms with Crippen molar-refractivity contribution in [3.63, 3.8) is 0 Å². The number of hydrogen-bond donors (Lipinski definition) is 3. The van der Waals surface area contributed by atoms with E-state index in [-0.39, 0.29) is 38.2 Å². The third-order valence-corrected chi connectivity index (χ3v) is 7.20. The number of halogens is 1. The van der Waals surface area contributed by atoms with Crippen LogP contribution in [0.2, 0.25) is 5.82 Å². The predicted molar refractivity (Wildman–Crippen MR) is 145 cm³/mol. The number of amides is 4. The molecule has 1 fully saturated rings. The lowest BCUT2D eigenvalue weighted by atomic mass is 9.64. The minimum atomic E-state index is -1.62. The fourth-order valence-electron chi connectivity index (χ4n) is 4.94. The molecule has 4 amide bonds. The maximum absolute atomic E-state index is 15.3. The molecule has 14 heteroatoms. The van der Waals surface area contributed by atoms with E-state index in [9.17, 15) is 24.2 Å². The number of fused-ring (bicyclic) bond motifs is 1. The number of ketones is 1. The van der Waals surface area contributed by atoms with Gasteiger partial charge in [0.1, 0.15) is 23.3 Å². The van der Waals surface area contributed by atoms with Crippen LogP contribution in [0, 0.1) is 18.2 Å². The van der Waals surface area contributed by atoms with E-state index in [4.69, 9.17) is 14.8 Å². The molecule has 2 aliphatic rings. The zero-order valence-electron chi connectivity index (χ0n) is 22.8. The summed E-state index contributed by atoms with van der Waals surface area (Å²) in [4.78, 5) is 57.8. The van der Waals surface area contributed by atoms with Crippen molar-refractivity contribution in [1.29, 1.82) is 5.41 Å². The van der Waals surface area contributed by atoms with Gasteiger partial charge in [0.25, 0.3) is 0 Å². The number of imide groups is 1. The number of Topliss-reactive ketones (excluding diaryl/α,β-unsaturated/α-hetero) is 1. The number of ether oxygens (including phenoxy) is 1. The van der Waals surface area contributed by atoms with Gasteiger partial charge in [-0.3, -0.25) is 29.7 Å². The molecule has 3 N–H and O–H groups in total. The van der Waals surface area contributed by atoms with E-state index in [0.29, 0.717) is 29.2 Å². The van der Waals surface area contributed by atoms with Crippen LogP contribution in [0.1, 0.15) is 41.8 Å². The smallest absolute Gasteiger partial charge is 0.526 e. The normalized spacial score (nSPS) is 17.5. The fraction of sp³-hybridized carbons (Fsp3) is 0.407. The van der Waals surface area contributed by atoms with Gasteiger partial charge in [-0.15, -0.1) is 0 Å². The molecule has 1 unspecified atom stereocenters. The van der Waals surface area contributed by atoms with Gasteiger partial charge in [0.05, 0.1) is 6.61 Å². The van der Waals surface area contributed by atoms with Crippen LogP contribution in [-0.4, -0.2) is 83.2 Å². The average molecular weight is 567 g/mol. The number of hydrogen-bond acceptors (Lipinski definition) is 9. The number of rotatable bonds is 10. The van der Waals surface area contributed by atoms with Gasteiger partial charge in [0.2, 0.25) is 0 Å². The molecule has 12 nitrogen and oxygen atoms in total. The number of nitrogens with one attached hydrogen (secondary N) is 2. The standard InChI is InChI=1S/C27H31BFN5O7/c1-3-33-8-9-34(26(37)25(33)36)27(38)32-23(22-20(29)11-17(14-31-22)7-10-40-15-30)21(35)13-19-12-18-6-4-5-16(2)24(18)41-28(19)39/h4-6,11,14-15,19,23,30,39H,3,7-10,12-13H2,1-2H3,(H,32,38)/t19-,23?/m1/s1. The molecule has 1 aromatic heterocycles. The molecule has 0 spiro atoms. The zero-order valence-corrected chi connectivity index (χ0v) is 22.8. The van der Waals surface area contributed by atoms with Gasteiger partial charge in [-0.25, -0.2) is 9.18 Å². The third-order valence-electron chi connectivity index (χ3n) is 7.20. The van der Waals surface area contributed by atoms with Crippen LogP contribution in [0.4, 0.5) is 9.18 Å². The van der Waals surface area contributed by atoms with Gasteiger partial charge >= 0.3 is 25.0 Å². The minimum absolute atomic E-state index is 0.0989. The summed E-state index contributed by atoms with van der Waals surface area (Å²) >= 11 is 0. The maximum atomic E-state index is 15.3. The van der Waals surface area contributed by atoms with Crippen molar-refractivity contribution in [3.05, 3.63) is 58.7 Å². The van der Waals surface area contributed by atoms with Gasteiger partial charge < -0.3 is 24.6 Å². The summed E-state index contributed by atoms with van der Waals surface area (Å²) < 4.78 is 25.9. The zero-order chi connectivity index (χ0) is 29.7. The number of piperazine rings is 1. The number of carbonyl (C=O) groups excluding carboxylic acids is 4. The van der Waals surface area contributed by atoms with E-state index in [1.807, 2.05) is 25.1 Å². The van der Waals surface area contributed by atoms with Gasteiger partial charge in [-0.05, 0) is 43.0 Å². The van der Waals surface area contributed by atoms with Crippen LogP contribution in [0.15, 0.2) is 30.5 Å². The Hall–Kier alpha value is -4.33. The Labute approximate surface area is 236 Å². The van der Waals surface area contributed by atoms with Crippen molar-refractivity contribution < 1.29 is 38.0 Å². The minimum Gasteiger partial charge on any atom is -0.536 e. The first-order valence-electron chi connectivity index (χ1n) is 13.3. The fourth-order valence-corrected chi connectivity index (χ4v) is 4.94. The Morgan fingerprint density at radius 1 is 1.34 bits per heavy atom. The van der Waals surface area contributed by atoms with E-state index >= 15 is 4.39 Å². The van der Waals surface area contributed by atoms with Crippen molar-refractivity contribution in [2.45, 2.75) is 45.0 Å². The third kappa shape index (κ3) is 6.54. The summed E-state index contributed by atoms with van der Waals surface area (Å²) in [6.45, 7) is 3.97. The van der Waals surface area contributed by atoms with Crippen molar-refractivity contribution in [2.24, 2.45) is 0 Å². The van der Waals surface area contributed by atoms with Crippen LogP contribution < -0.4 is 9.97 Å². The van der Waals surface area contributed by atoms with Crippen LogP contribution in [-0.2, 0) is 32.0 Å². The molecule has 1 saturated heterocycles. The molecule has 4 rings (SSSR count). The number of benzene rings is 1. The Morgan fingerprint density at radius 3 is 2.83 bits per heavy atom. The van der Waals surface area contributed by atoms with Crippen molar-refractivity contribution in [3.8, 4) is 5.75 Å². The molecule has 0 aliphatic carbocycles. The first-order chi connectivity index (χ1) is 19.6. The number of pyridine rings is 1. The molecule has 2 aromatic rings. The topological polar surface area (TPSA) is 162 Å². The first-order valence-corrected chi connectivity index (χ1v) is 13.3. The second-order valence-electron chi connectivity index (χ2n) is 9.88. The van der Waals surface area contributed by atoms with Gasteiger partial charge in [-0.2, -0.15) is 0 Å². The lowest BCUT2D eigenvalue weighted by molar-refractivity contribution is -0.153. The Bertz CT molecular complexity index is 1360. The van der Waals surface area contributed by atoms with Crippen LogP contribution in [0.3, 0.4) is 0 Å². The molecule has 2 aliphatic heterocycles. The summed E-state index contributed by atoms with van der Waals surface area (Å²) in [5, 5.41) is 20.0. The molecule has 2 atom stereocenters. The van der Waals surface area contributed by atoms with Crippen molar-refractivity contribution >= 4 is 37.1 Å². The molecular weight excluding hydrogens is 536 g/mol. The lowest BCUT2D eigenvalue weighted by Gasteiger charge is -2.33. The van der Waals surface area contributed by atoms with Crippen LogP contribution in [0.5, 0.6) is 5.75 Å². The van der Waals surface area contributed by atoms with E-state index in [1.54, 1.807) is 6.92 Å². The van der Waals surface area contributed by atoms with E-state index < -0.39 is 48.4 Å². The Morgan fingerprint density at radius 2 is 2.12 bits per heavy atom. The maximum Gasteiger partial charge on any atom is 0.526 e. The SMILES string of the molecule is CCN1CCN(C(=O)NC(C(=O)C[C@H]2Cc3cccc(C)c3OB2O)c2ncc(CCOC=N)cc2F)C(=O)C1=O. The lowest BCUT2D eigenvalue weighted by Crippen LogP contribution is -2.58. The number of aryl methyl sites for hydroxylation is 1. The molecule has 0 bridgehead atoms. The highest BCUT2D eigenvalue weighted by molar-refractivity contribution is 6.46. The van der Waals surface area contributed by atoms with Crippen molar-refractivity contribution in [2.75, 3.05) is 26.2 Å². The number of aromatic nitrogens is 1. The van der Waals surface area contributed by atoms with Crippen LogP contribution in [0.25, 0.3) is 0 Å². The molecule has 0 saturated carbocycles. The van der Waals surface area contributed by atoms with Crippen LogP contribution >= 0.6 is 0 Å². The highest BCUT2D eigenvalue weighted by Gasteiger charge is 2.41. The van der Waals surface area contributed by atoms with E-state index in [2.05, 4.69) is 10.3 Å². The molecule has 216 valence electrons. The number of urea groups is 1. The summed E-state index contributed by atoms with van der Waals surface area (Å²) in [7, 11) is -1.32. The summed E-state index contributed by atoms with van der Waals surface area (Å²) in [5.74, 6) is -3.62. The molecule has 41 heavy (non-hydrogen) atoms. The molecule has 1 aromatic carbocycles. The van der Waals surface area contributed by atoms with E-state index in [0.717, 1.165) is 23.6 Å². The summed E-state index contributed by atoms with van der Waals surface area (Å²) in [5.41, 5.74) is 1.68. The second kappa shape index (κ2) is 12.9. The average Bonchev–Trinajstić information content (AvgIpc) is 2.94. The summed E-state index contributed by atoms with van der Waals surface area (Å²) in [6, 6.07) is 3.99. The number of nitrogens with zero attached hydrogens (tertiary/aromatic N) is 3. The van der Waals surface area contributed by atoms with E-state index in [1.165, 1.54) is 11.1 Å².